The minimum atomic E-state index is -4.69. The van der Waals surface area contributed by atoms with Gasteiger partial charge in [-0.05, 0) is 18.2 Å². The second-order valence-corrected chi connectivity index (χ2v) is 3.90. The summed E-state index contributed by atoms with van der Waals surface area (Å²) in [7, 11) is 1.11. The van der Waals surface area contributed by atoms with Gasteiger partial charge in [-0.3, -0.25) is 9.36 Å². The van der Waals surface area contributed by atoms with Crippen LogP contribution in [0.3, 0.4) is 0 Å². The molecule has 5 nitrogen and oxygen atoms in total. The highest BCUT2D eigenvalue weighted by atomic mass is 19.4. The Labute approximate surface area is 108 Å². The van der Waals surface area contributed by atoms with Crippen molar-refractivity contribution in [2.45, 2.75) is 6.18 Å². The molecule has 0 spiro atoms. The molecular weight excluding hydrogens is 282 g/mol. The summed E-state index contributed by atoms with van der Waals surface area (Å²) in [5.41, 5.74) is -3.61. The maximum absolute atomic E-state index is 13.6. The predicted octanol–water partition coefficient (Wildman–Crippen LogP) is 1.09. The second kappa shape index (κ2) is 4.58. The molecule has 0 N–H and O–H groups in total. The van der Waals surface area contributed by atoms with Gasteiger partial charge in [-0.1, -0.05) is 0 Å². The maximum Gasteiger partial charge on any atom is 0.416 e. The summed E-state index contributed by atoms with van der Waals surface area (Å²) in [4.78, 5) is 22.9. The Morgan fingerprint density at radius 1 is 1.20 bits per heavy atom. The van der Waals surface area contributed by atoms with Crippen molar-refractivity contribution in [3.05, 3.63) is 56.6 Å². The first-order valence-electron chi connectivity index (χ1n) is 5.24. The highest BCUT2D eigenvalue weighted by Crippen LogP contribution is 2.30. The molecule has 0 radical (unpaired) electrons. The van der Waals surface area contributed by atoms with Crippen LogP contribution < -0.4 is 11.2 Å². The van der Waals surface area contributed by atoms with E-state index in [-0.39, 0.29) is 0 Å². The van der Waals surface area contributed by atoms with Crippen molar-refractivity contribution >= 4 is 0 Å². The van der Waals surface area contributed by atoms with Gasteiger partial charge in [0.1, 0.15) is 17.7 Å². The molecule has 20 heavy (non-hydrogen) atoms. The maximum atomic E-state index is 13.6. The Morgan fingerprint density at radius 3 is 2.45 bits per heavy atom. The first kappa shape index (κ1) is 14.0. The number of hydrogen-bond donors (Lipinski definition) is 0. The van der Waals surface area contributed by atoms with E-state index < -0.39 is 34.5 Å². The van der Waals surface area contributed by atoms with Gasteiger partial charge in [-0.2, -0.15) is 23.0 Å². The van der Waals surface area contributed by atoms with E-state index >= 15 is 0 Å². The Balaban J connectivity index is 2.74. The Kier molecular flexibility index (Phi) is 3.20. The van der Waals surface area contributed by atoms with Gasteiger partial charge in [-0.25, -0.2) is 9.18 Å². The lowest BCUT2D eigenvalue weighted by Crippen LogP contribution is -2.38. The van der Waals surface area contributed by atoms with Gasteiger partial charge in [0.15, 0.2) is 0 Å². The quantitative estimate of drug-likeness (QED) is 0.738. The molecule has 9 heteroatoms. The monoisotopic (exact) mass is 289 g/mol. The Morgan fingerprint density at radius 2 is 1.85 bits per heavy atom. The van der Waals surface area contributed by atoms with Gasteiger partial charge in [0.25, 0.3) is 5.56 Å². The number of alkyl halides is 3. The first-order chi connectivity index (χ1) is 9.21. The van der Waals surface area contributed by atoms with Crippen molar-refractivity contribution in [3.8, 4) is 5.69 Å². The molecule has 1 heterocycles. The minimum absolute atomic E-state index is 0.395. The molecule has 1 aromatic carbocycles. The number of nitrogens with zero attached hydrogens (tertiary/aromatic N) is 3. The average molecular weight is 289 g/mol. The number of benzene rings is 1. The van der Waals surface area contributed by atoms with E-state index in [0.717, 1.165) is 7.05 Å². The van der Waals surface area contributed by atoms with E-state index in [0.29, 0.717) is 33.6 Å². The number of halogens is 4. The van der Waals surface area contributed by atoms with Crippen LogP contribution in [0.2, 0.25) is 0 Å². The van der Waals surface area contributed by atoms with Crippen LogP contribution in [0.15, 0.2) is 34.0 Å². The number of hydrogen-bond acceptors (Lipinski definition) is 3. The van der Waals surface area contributed by atoms with Crippen LogP contribution in [-0.2, 0) is 13.2 Å². The summed E-state index contributed by atoms with van der Waals surface area (Å²) in [5.74, 6) is -1.06. The molecule has 0 amide bonds. The molecule has 0 saturated heterocycles. The van der Waals surface area contributed by atoms with Gasteiger partial charge in [0, 0.05) is 7.05 Å². The van der Waals surface area contributed by atoms with Crippen LogP contribution in [0, 0.1) is 5.82 Å². The van der Waals surface area contributed by atoms with Gasteiger partial charge in [-0.15, -0.1) is 0 Å². The van der Waals surface area contributed by atoms with Gasteiger partial charge < -0.3 is 0 Å². The van der Waals surface area contributed by atoms with Crippen LogP contribution in [0.1, 0.15) is 5.56 Å². The van der Waals surface area contributed by atoms with Crippen molar-refractivity contribution in [2.24, 2.45) is 7.05 Å². The van der Waals surface area contributed by atoms with E-state index in [1.807, 2.05) is 0 Å². The third-order valence-electron chi connectivity index (χ3n) is 2.58. The van der Waals surface area contributed by atoms with Crippen LogP contribution in [0.5, 0.6) is 0 Å². The standard InChI is InChI=1S/C11H7F4N3O2/c1-17-9(19)5-16-18(10(17)20)8-4-6(11(13,14)15)2-3-7(8)12/h2-5H,1H3. The smallest absolute Gasteiger partial charge is 0.267 e. The van der Waals surface area contributed by atoms with Gasteiger partial charge in [0.2, 0.25) is 0 Å². The van der Waals surface area contributed by atoms with Gasteiger partial charge in [0.05, 0.1) is 5.56 Å². The van der Waals surface area contributed by atoms with Crippen molar-refractivity contribution < 1.29 is 17.6 Å². The van der Waals surface area contributed by atoms with Crippen LogP contribution in [0.25, 0.3) is 5.69 Å². The van der Waals surface area contributed by atoms with Crippen LogP contribution in [-0.4, -0.2) is 14.3 Å². The SMILES string of the molecule is Cn1c(=O)cnn(-c2cc(C(F)(F)F)ccc2F)c1=O. The molecule has 2 rings (SSSR count). The molecule has 0 aliphatic rings. The lowest BCUT2D eigenvalue weighted by atomic mass is 10.2. The summed E-state index contributed by atoms with van der Waals surface area (Å²) >= 11 is 0. The Hall–Kier alpha value is -2.45. The second-order valence-electron chi connectivity index (χ2n) is 3.90. The molecule has 0 saturated carbocycles. The van der Waals surface area contributed by atoms with E-state index in [9.17, 15) is 27.2 Å². The van der Waals surface area contributed by atoms with Gasteiger partial charge >= 0.3 is 11.9 Å². The molecule has 2 aromatic rings. The van der Waals surface area contributed by atoms with Crippen LogP contribution >= 0.6 is 0 Å². The average Bonchev–Trinajstić information content (AvgIpc) is 2.36. The zero-order valence-corrected chi connectivity index (χ0v) is 9.98. The molecule has 0 aliphatic carbocycles. The lowest BCUT2D eigenvalue weighted by Gasteiger charge is -2.10. The highest BCUT2D eigenvalue weighted by Gasteiger charge is 2.31. The summed E-state index contributed by atoms with van der Waals surface area (Å²) in [6.07, 6.45) is -3.98. The molecule has 1 aromatic heterocycles. The topological polar surface area (TPSA) is 56.9 Å². The van der Waals surface area contributed by atoms with E-state index in [2.05, 4.69) is 5.10 Å². The van der Waals surface area contributed by atoms with Crippen molar-refractivity contribution in [1.29, 1.82) is 0 Å². The van der Waals surface area contributed by atoms with Crippen molar-refractivity contribution in [2.75, 3.05) is 0 Å². The van der Waals surface area contributed by atoms with Crippen LogP contribution in [0.4, 0.5) is 17.6 Å². The first-order valence-corrected chi connectivity index (χ1v) is 5.24. The summed E-state index contributed by atoms with van der Waals surface area (Å²) < 4.78 is 52.3. The normalized spacial score (nSPS) is 11.7. The molecule has 106 valence electrons. The van der Waals surface area contributed by atoms with E-state index in [4.69, 9.17) is 0 Å². The fourth-order valence-electron chi connectivity index (χ4n) is 1.50. The summed E-state index contributed by atoms with van der Waals surface area (Å²) in [6, 6.07) is 1.58. The van der Waals surface area contributed by atoms with Crippen molar-refractivity contribution in [1.82, 2.24) is 14.3 Å². The lowest BCUT2D eigenvalue weighted by molar-refractivity contribution is -0.137. The fraction of sp³-hybridized carbons (Fsp3) is 0.182. The zero-order chi connectivity index (χ0) is 15.1. The Bertz CT molecular complexity index is 776. The summed E-state index contributed by atoms with van der Waals surface area (Å²) in [6.45, 7) is 0. The highest BCUT2D eigenvalue weighted by molar-refractivity contribution is 5.37. The third-order valence-corrected chi connectivity index (χ3v) is 2.58. The molecule has 0 atom stereocenters. The molecule has 0 aliphatic heterocycles. The summed E-state index contributed by atoms with van der Waals surface area (Å²) in [5, 5.41) is 3.36. The number of aromatic nitrogens is 3. The number of rotatable bonds is 1. The molecule has 0 fully saturated rings. The van der Waals surface area contributed by atoms with Crippen molar-refractivity contribution in [3.63, 3.8) is 0 Å². The third kappa shape index (κ3) is 2.33. The molecule has 0 bridgehead atoms. The fourth-order valence-corrected chi connectivity index (χ4v) is 1.50. The minimum Gasteiger partial charge on any atom is -0.267 e. The van der Waals surface area contributed by atoms with E-state index in [1.165, 1.54) is 0 Å². The molecular formula is C11H7F4N3O2. The molecule has 0 unspecified atom stereocenters. The van der Waals surface area contributed by atoms with E-state index in [1.54, 1.807) is 0 Å². The largest absolute Gasteiger partial charge is 0.416 e. The zero-order valence-electron chi connectivity index (χ0n) is 9.98. The predicted molar refractivity (Wildman–Crippen MR) is 60.0 cm³/mol.